The predicted molar refractivity (Wildman–Crippen MR) is 69.0 cm³/mol. The molecule has 0 bridgehead atoms. The third kappa shape index (κ3) is 2.59. The molecule has 0 saturated heterocycles. The minimum atomic E-state index is 1.15. The number of allylic oxidation sites excluding steroid dienone is 3. The van der Waals surface area contributed by atoms with Crippen LogP contribution in [0.4, 0.5) is 0 Å². The van der Waals surface area contributed by atoms with Crippen molar-refractivity contribution in [3.8, 4) is 0 Å². The van der Waals surface area contributed by atoms with E-state index in [2.05, 4.69) is 59.4 Å². The van der Waals surface area contributed by atoms with Gasteiger partial charge >= 0.3 is 0 Å². The fraction of sp³-hybridized carbons (Fsp3) is 0.333. The lowest BCUT2D eigenvalue weighted by atomic mass is 9.93. The average molecular weight is 200 g/mol. The second kappa shape index (κ2) is 4.48. The molecule has 0 radical (unpaired) electrons. The molecule has 0 atom stereocenters. The maximum Gasteiger partial charge on any atom is -0.0155 e. The summed E-state index contributed by atoms with van der Waals surface area (Å²) in [6, 6.07) is 6.52. The van der Waals surface area contributed by atoms with Crippen LogP contribution in [-0.4, -0.2) is 0 Å². The molecule has 15 heavy (non-hydrogen) atoms. The Hall–Kier alpha value is -1.30. The van der Waals surface area contributed by atoms with E-state index in [0.29, 0.717) is 0 Å². The maximum atomic E-state index is 4.19. The molecule has 0 saturated carbocycles. The van der Waals surface area contributed by atoms with Crippen molar-refractivity contribution in [2.45, 2.75) is 34.6 Å². The van der Waals surface area contributed by atoms with Crippen LogP contribution in [-0.2, 0) is 0 Å². The molecule has 1 aromatic carbocycles. The standard InChI is InChI=1S/C15H20/c1-10(2)13(5)14(6)15-9-11(3)7-8-12(15)4/h7-9H,6H2,1-5H3. The van der Waals surface area contributed by atoms with E-state index in [1.165, 1.54) is 27.8 Å². The fourth-order valence-corrected chi connectivity index (χ4v) is 1.56. The van der Waals surface area contributed by atoms with Gasteiger partial charge in [0.1, 0.15) is 0 Å². The van der Waals surface area contributed by atoms with Crippen LogP contribution in [0.15, 0.2) is 35.9 Å². The monoisotopic (exact) mass is 200 g/mol. The molecule has 1 aromatic rings. The van der Waals surface area contributed by atoms with Gasteiger partial charge in [0.2, 0.25) is 0 Å². The summed E-state index contributed by atoms with van der Waals surface area (Å²) in [7, 11) is 0. The van der Waals surface area contributed by atoms with E-state index in [4.69, 9.17) is 0 Å². The first-order chi connectivity index (χ1) is 6.93. The minimum absolute atomic E-state index is 1.15. The molecule has 0 aliphatic carbocycles. The molecule has 0 aliphatic rings. The van der Waals surface area contributed by atoms with Crippen LogP contribution >= 0.6 is 0 Å². The summed E-state index contributed by atoms with van der Waals surface area (Å²) in [6.07, 6.45) is 0. The van der Waals surface area contributed by atoms with Gasteiger partial charge in [-0.15, -0.1) is 0 Å². The highest BCUT2D eigenvalue weighted by atomic mass is 14.1. The quantitative estimate of drug-likeness (QED) is 0.608. The summed E-state index contributed by atoms with van der Waals surface area (Å²) in [4.78, 5) is 0. The zero-order valence-electron chi connectivity index (χ0n) is 10.4. The van der Waals surface area contributed by atoms with Crippen molar-refractivity contribution in [2.24, 2.45) is 0 Å². The minimum Gasteiger partial charge on any atom is -0.0909 e. The highest BCUT2D eigenvalue weighted by Gasteiger charge is 2.05. The van der Waals surface area contributed by atoms with Crippen molar-refractivity contribution in [1.82, 2.24) is 0 Å². The van der Waals surface area contributed by atoms with Crippen molar-refractivity contribution in [1.29, 1.82) is 0 Å². The second-order valence-electron chi connectivity index (χ2n) is 4.42. The van der Waals surface area contributed by atoms with Crippen molar-refractivity contribution >= 4 is 5.57 Å². The van der Waals surface area contributed by atoms with Gasteiger partial charge in [-0.25, -0.2) is 0 Å². The third-order valence-electron chi connectivity index (χ3n) is 2.92. The van der Waals surface area contributed by atoms with Crippen LogP contribution in [0.1, 0.15) is 37.5 Å². The molecule has 0 N–H and O–H groups in total. The van der Waals surface area contributed by atoms with Crippen molar-refractivity contribution < 1.29 is 0 Å². The lowest BCUT2D eigenvalue weighted by Crippen LogP contribution is -1.92. The Morgan fingerprint density at radius 2 is 1.67 bits per heavy atom. The summed E-state index contributed by atoms with van der Waals surface area (Å²) >= 11 is 0. The van der Waals surface area contributed by atoms with Gasteiger partial charge in [-0.2, -0.15) is 0 Å². The summed E-state index contributed by atoms with van der Waals surface area (Å²) in [5, 5.41) is 0. The molecule has 0 unspecified atom stereocenters. The smallest absolute Gasteiger partial charge is 0.0155 e. The van der Waals surface area contributed by atoms with Crippen LogP contribution in [0.5, 0.6) is 0 Å². The molecule has 0 amide bonds. The predicted octanol–water partition coefficient (Wildman–Crippen LogP) is 4.67. The fourth-order valence-electron chi connectivity index (χ4n) is 1.56. The lowest BCUT2D eigenvalue weighted by Gasteiger charge is -2.12. The number of aryl methyl sites for hydroxylation is 2. The van der Waals surface area contributed by atoms with E-state index < -0.39 is 0 Å². The van der Waals surface area contributed by atoms with Crippen LogP contribution in [0.25, 0.3) is 5.57 Å². The molecule has 0 nitrogen and oxygen atoms in total. The number of benzene rings is 1. The Bertz CT molecular complexity index is 416. The topological polar surface area (TPSA) is 0 Å². The van der Waals surface area contributed by atoms with Gasteiger partial charge in [0, 0.05) is 0 Å². The Kier molecular flexibility index (Phi) is 3.52. The van der Waals surface area contributed by atoms with Crippen LogP contribution in [0, 0.1) is 13.8 Å². The molecule has 0 aliphatic heterocycles. The summed E-state index contributed by atoms with van der Waals surface area (Å²) in [5.74, 6) is 0. The number of rotatable bonds is 2. The van der Waals surface area contributed by atoms with Gasteiger partial charge in [0.15, 0.2) is 0 Å². The molecular formula is C15H20. The zero-order valence-corrected chi connectivity index (χ0v) is 10.4. The van der Waals surface area contributed by atoms with Crippen LogP contribution in [0.2, 0.25) is 0 Å². The third-order valence-corrected chi connectivity index (χ3v) is 2.92. The maximum absolute atomic E-state index is 4.19. The van der Waals surface area contributed by atoms with Crippen molar-refractivity contribution in [2.75, 3.05) is 0 Å². The van der Waals surface area contributed by atoms with E-state index in [0.717, 1.165) is 5.57 Å². The second-order valence-corrected chi connectivity index (χ2v) is 4.42. The molecule has 0 spiro atoms. The van der Waals surface area contributed by atoms with E-state index in [-0.39, 0.29) is 0 Å². The largest absolute Gasteiger partial charge is 0.0909 e. The summed E-state index contributed by atoms with van der Waals surface area (Å²) in [6.45, 7) is 14.8. The Balaban J connectivity index is 3.23. The molecule has 0 aromatic heterocycles. The molecule has 0 heteroatoms. The molecule has 1 rings (SSSR count). The van der Waals surface area contributed by atoms with Gasteiger partial charge in [0.25, 0.3) is 0 Å². The first kappa shape index (κ1) is 11.8. The Morgan fingerprint density at radius 3 is 2.20 bits per heavy atom. The summed E-state index contributed by atoms with van der Waals surface area (Å²) in [5.41, 5.74) is 7.64. The van der Waals surface area contributed by atoms with E-state index >= 15 is 0 Å². The van der Waals surface area contributed by atoms with E-state index in [1.54, 1.807) is 0 Å². The zero-order chi connectivity index (χ0) is 11.6. The van der Waals surface area contributed by atoms with Crippen molar-refractivity contribution in [3.05, 3.63) is 52.6 Å². The van der Waals surface area contributed by atoms with Crippen LogP contribution in [0.3, 0.4) is 0 Å². The van der Waals surface area contributed by atoms with Gasteiger partial charge in [-0.05, 0) is 56.9 Å². The highest BCUT2D eigenvalue weighted by molar-refractivity contribution is 5.79. The Morgan fingerprint density at radius 1 is 1.07 bits per heavy atom. The lowest BCUT2D eigenvalue weighted by molar-refractivity contribution is 1.28. The van der Waals surface area contributed by atoms with Gasteiger partial charge in [-0.1, -0.05) is 35.9 Å². The summed E-state index contributed by atoms with van der Waals surface area (Å²) < 4.78 is 0. The first-order valence-corrected chi connectivity index (χ1v) is 5.34. The average Bonchev–Trinajstić information content (AvgIpc) is 2.19. The number of hydrogen-bond acceptors (Lipinski definition) is 0. The molecule has 0 fully saturated rings. The van der Waals surface area contributed by atoms with Gasteiger partial charge in [0.05, 0.1) is 0 Å². The van der Waals surface area contributed by atoms with Gasteiger partial charge < -0.3 is 0 Å². The van der Waals surface area contributed by atoms with Crippen molar-refractivity contribution in [3.63, 3.8) is 0 Å². The normalized spacial score (nSPS) is 9.93. The molecule has 80 valence electrons. The van der Waals surface area contributed by atoms with E-state index in [9.17, 15) is 0 Å². The molecular weight excluding hydrogens is 180 g/mol. The molecule has 0 heterocycles. The first-order valence-electron chi connectivity index (χ1n) is 5.34. The SMILES string of the molecule is C=C(C(C)=C(C)C)c1cc(C)ccc1C. The number of hydrogen-bond donors (Lipinski definition) is 0. The van der Waals surface area contributed by atoms with Crippen LogP contribution < -0.4 is 0 Å². The highest BCUT2D eigenvalue weighted by Crippen LogP contribution is 2.26. The van der Waals surface area contributed by atoms with E-state index in [1.807, 2.05) is 0 Å². The van der Waals surface area contributed by atoms with Gasteiger partial charge in [-0.3, -0.25) is 0 Å². The Labute approximate surface area is 93.3 Å².